The van der Waals surface area contributed by atoms with E-state index >= 15 is 0 Å². The maximum atomic E-state index is 12.2. The summed E-state index contributed by atoms with van der Waals surface area (Å²) in [6.07, 6.45) is 2.84. The topological polar surface area (TPSA) is 49.3 Å². The molecule has 3 aromatic carbocycles. The Labute approximate surface area is 142 Å². The fraction of sp³-hybridized carbons (Fsp3) is 0.200. The van der Waals surface area contributed by atoms with Crippen LogP contribution in [0.1, 0.15) is 18.4 Å². The van der Waals surface area contributed by atoms with Crippen molar-refractivity contribution in [3.8, 4) is 0 Å². The molecule has 0 saturated heterocycles. The van der Waals surface area contributed by atoms with Gasteiger partial charge in [0.1, 0.15) is 0 Å². The number of anilines is 1. The molecule has 0 radical (unpaired) electrons. The number of hydrogen-bond acceptors (Lipinski definition) is 1. The third kappa shape index (κ3) is 4.70. The average Bonchev–Trinajstić information content (AvgIpc) is 2.59. The smallest absolute Gasteiger partial charge is 0.291 e. The monoisotopic (exact) mass is 339 g/mol. The minimum absolute atomic E-state index is 0.287. The Bertz CT molecular complexity index is 848. The van der Waals surface area contributed by atoms with E-state index in [-0.39, 0.29) is 6.16 Å². The Morgan fingerprint density at radius 1 is 0.833 bits per heavy atom. The van der Waals surface area contributed by atoms with Gasteiger partial charge in [-0.2, -0.15) is 0 Å². The van der Waals surface area contributed by atoms with Gasteiger partial charge in [0, 0.05) is 11.8 Å². The molecular formula is C20H22NO2P. The Hall–Kier alpha value is -2.09. The molecule has 124 valence electrons. The molecule has 24 heavy (non-hydrogen) atoms. The van der Waals surface area contributed by atoms with Gasteiger partial charge in [0.2, 0.25) is 0 Å². The zero-order valence-electron chi connectivity index (χ0n) is 13.6. The van der Waals surface area contributed by atoms with Crippen LogP contribution in [0.15, 0.2) is 72.8 Å². The lowest BCUT2D eigenvalue weighted by Crippen LogP contribution is -2.01. The van der Waals surface area contributed by atoms with Crippen LogP contribution >= 0.6 is 7.52 Å². The zero-order valence-corrected chi connectivity index (χ0v) is 14.5. The number of unbranched alkanes of at least 4 members (excludes halogenated alkanes) is 1. The highest BCUT2D eigenvalue weighted by molar-refractivity contribution is 7.59. The van der Waals surface area contributed by atoms with E-state index in [1.165, 1.54) is 16.3 Å². The van der Waals surface area contributed by atoms with Crippen molar-refractivity contribution in [1.82, 2.24) is 0 Å². The minimum atomic E-state index is -3.32. The Kier molecular flexibility index (Phi) is 5.34. The van der Waals surface area contributed by atoms with Gasteiger partial charge in [-0.1, -0.05) is 60.7 Å². The molecule has 0 aromatic heterocycles. The third-order valence-electron chi connectivity index (χ3n) is 4.07. The lowest BCUT2D eigenvalue weighted by atomic mass is 10.0. The van der Waals surface area contributed by atoms with Crippen LogP contribution in [0.25, 0.3) is 10.8 Å². The van der Waals surface area contributed by atoms with Crippen LogP contribution in [-0.4, -0.2) is 11.1 Å². The molecule has 0 fully saturated rings. The van der Waals surface area contributed by atoms with Gasteiger partial charge >= 0.3 is 0 Å². The first kappa shape index (κ1) is 16.8. The number of aryl methyl sites for hydroxylation is 1. The second-order valence-corrected chi connectivity index (χ2v) is 8.12. The van der Waals surface area contributed by atoms with Crippen LogP contribution < -0.4 is 5.09 Å². The number of benzene rings is 3. The molecule has 1 unspecified atom stereocenters. The van der Waals surface area contributed by atoms with Gasteiger partial charge in [0.15, 0.2) is 0 Å². The molecule has 0 heterocycles. The van der Waals surface area contributed by atoms with E-state index in [1.54, 1.807) is 12.1 Å². The summed E-state index contributed by atoms with van der Waals surface area (Å²) < 4.78 is 12.2. The summed E-state index contributed by atoms with van der Waals surface area (Å²) in [5, 5.41) is 5.24. The highest BCUT2D eigenvalue weighted by Gasteiger charge is 2.16. The van der Waals surface area contributed by atoms with Crippen molar-refractivity contribution in [1.29, 1.82) is 0 Å². The summed E-state index contributed by atoms with van der Waals surface area (Å²) in [5.74, 6) is 0. The van der Waals surface area contributed by atoms with Crippen molar-refractivity contribution in [2.75, 3.05) is 11.2 Å². The molecule has 0 amide bonds. The van der Waals surface area contributed by atoms with Gasteiger partial charge in [-0.25, -0.2) is 0 Å². The SMILES string of the molecule is O=P(O)(CCCCc1ccc2ccccc2c1)Nc1ccccc1. The van der Waals surface area contributed by atoms with Crippen LogP contribution in [0.2, 0.25) is 0 Å². The van der Waals surface area contributed by atoms with E-state index in [2.05, 4.69) is 35.4 Å². The van der Waals surface area contributed by atoms with Gasteiger partial charge in [-0.3, -0.25) is 4.57 Å². The molecule has 0 aliphatic carbocycles. The highest BCUT2D eigenvalue weighted by atomic mass is 31.2. The molecule has 4 heteroatoms. The molecular weight excluding hydrogens is 317 g/mol. The lowest BCUT2D eigenvalue weighted by Gasteiger charge is -2.14. The van der Waals surface area contributed by atoms with E-state index in [4.69, 9.17) is 0 Å². The number of hydrogen-bond donors (Lipinski definition) is 2. The largest absolute Gasteiger partial charge is 0.329 e. The summed E-state index contributed by atoms with van der Waals surface area (Å²) in [7, 11) is -3.32. The van der Waals surface area contributed by atoms with Crippen LogP contribution in [-0.2, 0) is 11.0 Å². The maximum absolute atomic E-state index is 12.2. The van der Waals surface area contributed by atoms with Crippen LogP contribution in [0.5, 0.6) is 0 Å². The second-order valence-electron chi connectivity index (χ2n) is 6.04. The Morgan fingerprint density at radius 3 is 2.33 bits per heavy atom. The van der Waals surface area contributed by atoms with Gasteiger partial charge in [0.25, 0.3) is 7.52 Å². The molecule has 0 aliphatic rings. The van der Waals surface area contributed by atoms with Crippen molar-refractivity contribution in [2.45, 2.75) is 19.3 Å². The molecule has 0 spiro atoms. The zero-order chi connectivity index (χ0) is 16.8. The van der Waals surface area contributed by atoms with Gasteiger partial charge in [-0.15, -0.1) is 0 Å². The summed E-state index contributed by atoms with van der Waals surface area (Å²) in [6, 6.07) is 24.0. The number of para-hydroxylation sites is 1. The van der Waals surface area contributed by atoms with E-state index in [9.17, 15) is 9.46 Å². The second kappa shape index (κ2) is 7.65. The van der Waals surface area contributed by atoms with Gasteiger partial charge in [0.05, 0.1) is 0 Å². The maximum Gasteiger partial charge on any atom is 0.291 e. The first-order chi connectivity index (χ1) is 11.6. The summed E-state index contributed by atoms with van der Waals surface area (Å²) in [5.41, 5.74) is 1.97. The summed E-state index contributed by atoms with van der Waals surface area (Å²) in [6.45, 7) is 0. The summed E-state index contributed by atoms with van der Waals surface area (Å²) in [4.78, 5) is 10.1. The molecule has 3 aromatic rings. The number of rotatable bonds is 7. The van der Waals surface area contributed by atoms with Crippen molar-refractivity contribution in [2.24, 2.45) is 0 Å². The van der Waals surface area contributed by atoms with E-state index < -0.39 is 7.52 Å². The van der Waals surface area contributed by atoms with Crippen LogP contribution in [0.4, 0.5) is 5.69 Å². The third-order valence-corrected chi connectivity index (χ3v) is 5.60. The Balaban J connectivity index is 1.49. The van der Waals surface area contributed by atoms with Crippen LogP contribution in [0.3, 0.4) is 0 Å². The molecule has 0 saturated carbocycles. The Morgan fingerprint density at radius 2 is 1.54 bits per heavy atom. The standard InChI is InChI=1S/C20H22NO2P/c22-24(23,21-20-11-2-1-3-12-20)15-7-6-8-17-13-14-18-9-4-5-10-19(18)16-17/h1-5,9-14,16H,6-8,15H2,(H2,21,22,23). The van der Waals surface area contributed by atoms with Gasteiger partial charge < -0.3 is 9.98 Å². The molecule has 3 nitrogen and oxygen atoms in total. The van der Waals surface area contributed by atoms with E-state index in [0.717, 1.165) is 19.3 Å². The molecule has 3 rings (SSSR count). The normalized spacial score (nSPS) is 13.5. The predicted molar refractivity (Wildman–Crippen MR) is 102 cm³/mol. The average molecular weight is 339 g/mol. The fourth-order valence-electron chi connectivity index (χ4n) is 2.82. The first-order valence-electron chi connectivity index (χ1n) is 8.25. The van der Waals surface area contributed by atoms with Crippen molar-refractivity contribution in [3.05, 3.63) is 78.4 Å². The van der Waals surface area contributed by atoms with Gasteiger partial charge in [-0.05, 0) is 47.7 Å². The number of nitrogens with one attached hydrogen (secondary N) is 1. The number of fused-ring (bicyclic) bond motifs is 1. The molecule has 1 atom stereocenters. The lowest BCUT2D eigenvalue weighted by molar-refractivity contribution is 0.481. The van der Waals surface area contributed by atoms with Crippen molar-refractivity contribution in [3.63, 3.8) is 0 Å². The van der Waals surface area contributed by atoms with Crippen molar-refractivity contribution >= 4 is 24.0 Å². The fourth-order valence-corrected chi connectivity index (χ4v) is 4.14. The molecule has 0 bridgehead atoms. The van der Waals surface area contributed by atoms with Crippen molar-refractivity contribution < 1.29 is 9.46 Å². The van der Waals surface area contributed by atoms with E-state index in [0.29, 0.717) is 5.69 Å². The highest BCUT2D eigenvalue weighted by Crippen LogP contribution is 2.41. The molecule has 2 N–H and O–H groups in total. The quantitative estimate of drug-likeness (QED) is 0.444. The first-order valence-corrected chi connectivity index (χ1v) is 10.1. The predicted octanol–water partition coefficient (Wildman–Crippen LogP) is 5.46. The molecule has 0 aliphatic heterocycles. The summed E-state index contributed by atoms with van der Waals surface area (Å²) >= 11 is 0. The minimum Gasteiger partial charge on any atom is -0.329 e. The van der Waals surface area contributed by atoms with E-state index in [1.807, 2.05) is 30.3 Å². The van der Waals surface area contributed by atoms with Crippen LogP contribution in [0, 0.1) is 0 Å².